The van der Waals surface area contributed by atoms with Gasteiger partial charge in [-0.05, 0) is 26.7 Å². The van der Waals surface area contributed by atoms with Gasteiger partial charge in [0.15, 0.2) is 5.13 Å². The summed E-state index contributed by atoms with van der Waals surface area (Å²) in [5.74, 6) is 0.220. The molecule has 7 heteroatoms. The maximum atomic E-state index is 12.3. The van der Waals surface area contributed by atoms with E-state index < -0.39 is 0 Å². The summed E-state index contributed by atoms with van der Waals surface area (Å²) in [5.41, 5.74) is 5.81. The van der Waals surface area contributed by atoms with Crippen molar-refractivity contribution in [3.05, 3.63) is 4.88 Å². The highest BCUT2D eigenvalue weighted by molar-refractivity contribution is 7.18. The zero-order valence-corrected chi connectivity index (χ0v) is 12.7. The molecular weight excluding hydrogens is 276 g/mol. The second kappa shape index (κ2) is 6.41. The summed E-state index contributed by atoms with van der Waals surface area (Å²) in [5, 5.41) is 16.1. The maximum absolute atomic E-state index is 12.3. The van der Waals surface area contributed by atoms with Crippen molar-refractivity contribution in [1.82, 2.24) is 10.3 Å². The van der Waals surface area contributed by atoms with E-state index >= 15 is 0 Å². The molecule has 112 valence electrons. The second-order valence-corrected chi connectivity index (χ2v) is 6.49. The molecular formula is C13H22N4O2S. The normalized spacial score (nSPS) is 22.2. The van der Waals surface area contributed by atoms with E-state index in [0.717, 1.165) is 19.3 Å². The van der Waals surface area contributed by atoms with E-state index in [1.807, 2.05) is 13.8 Å². The molecule has 1 aromatic heterocycles. The van der Waals surface area contributed by atoms with Crippen LogP contribution in [0.3, 0.4) is 0 Å². The number of nitrogens with zero attached hydrogens (tertiary/aromatic N) is 1. The molecule has 0 aliphatic heterocycles. The Morgan fingerprint density at radius 2 is 2.30 bits per heavy atom. The Labute approximate surface area is 122 Å². The van der Waals surface area contributed by atoms with E-state index in [0.29, 0.717) is 10.0 Å². The SMILES string of the molecule is CC(C)Nc1nc(N)c(C(=O)NC2CCCC2CO)s1. The molecule has 20 heavy (non-hydrogen) atoms. The van der Waals surface area contributed by atoms with E-state index in [1.165, 1.54) is 11.3 Å². The van der Waals surface area contributed by atoms with Crippen molar-refractivity contribution < 1.29 is 9.90 Å². The monoisotopic (exact) mass is 298 g/mol. The van der Waals surface area contributed by atoms with Gasteiger partial charge in [-0.15, -0.1) is 0 Å². The quantitative estimate of drug-likeness (QED) is 0.659. The third kappa shape index (κ3) is 3.40. The molecule has 1 heterocycles. The first-order valence-electron chi connectivity index (χ1n) is 6.95. The molecule has 0 spiro atoms. The van der Waals surface area contributed by atoms with Crippen molar-refractivity contribution in [1.29, 1.82) is 0 Å². The molecule has 6 nitrogen and oxygen atoms in total. The lowest BCUT2D eigenvalue weighted by atomic mass is 10.1. The van der Waals surface area contributed by atoms with Crippen molar-refractivity contribution in [3.63, 3.8) is 0 Å². The Morgan fingerprint density at radius 1 is 1.55 bits per heavy atom. The van der Waals surface area contributed by atoms with Crippen molar-refractivity contribution in [2.75, 3.05) is 17.7 Å². The van der Waals surface area contributed by atoms with Crippen LogP contribution in [0, 0.1) is 5.92 Å². The van der Waals surface area contributed by atoms with Crippen LogP contribution in [0.5, 0.6) is 0 Å². The minimum absolute atomic E-state index is 0.0375. The number of hydrogen-bond acceptors (Lipinski definition) is 6. The summed E-state index contributed by atoms with van der Waals surface area (Å²) >= 11 is 1.27. The van der Waals surface area contributed by atoms with Gasteiger partial charge in [0.05, 0.1) is 0 Å². The highest BCUT2D eigenvalue weighted by Gasteiger charge is 2.29. The first-order valence-corrected chi connectivity index (χ1v) is 7.77. The van der Waals surface area contributed by atoms with Crippen molar-refractivity contribution in [3.8, 4) is 0 Å². The Kier molecular flexibility index (Phi) is 4.82. The Morgan fingerprint density at radius 3 is 2.95 bits per heavy atom. The molecule has 0 saturated heterocycles. The van der Waals surface area contributed by atoms with Crippen LogP contribution in [-0.4, -0.2) is 34.7 Å². The third-order valence-corrected chi connectivity index (χ3v) is 4.48. The lowest BCUT2D eigenvalue weighted by Gasteiger charge is -2.18. The van der Waals surface area contributed by atoms with Crippen LogP contribution in [-0.2, 0) is 0 Å². The fraction of sp³-hybridized carbons (Fsp3) is 0.692. The minimum atomic E-state index is -0.192. The molecule has 1 aliphatic rings. The Balaban J connectivity index is 2.03. The molecule has 1 amide bonds. The predicted octanol–water partition coefficient (Wildman–Crippen LogP) is 1.44. The van der Waals surface area contributed by atoms with Gasteiger partial charge in [0.1, 0.15) is 10.7 Å². The smallest absolute Gasteiger partial charge is 0.265 e. The molecule has 0 aromatic carbocycles. The molecule has 1 aliphatic carbocycles. The Hall–Kier alpha value is -1.34. The van der Waals surface area contributed by atoms with E-state index in [-0.39, 0.29) is 36.3 Å². The van der Waals surface area contributed by atoms with Crippen LogP contribution in [0.25, 0.3) is 0 Å². The number of nitrogen functional groups attached to an aromatic ring is 1. The molecule has 1 saturated carbocycles. The van der Waals surface area contributed by atoms with Gasteiger partial charge in [-0.1, -0.05) is 17.8 Å². The van der Waals surface area contributed by atoms with Crippen LogP contribution in [0.4, 0.5) is 10.9 Å². The fourth-order valence-electron chi connectivity index (χ4n) is 2.48. The van der Waals surface area contributed by atoms with Gasteiger partial charge in [-0.3, -0.25) is 4.79 Å². The summed E-state index contributed by atoms with van der Waals surface area (Å²) in [7, 11) is 0. The molecule has 0 radical (unpaired) electrons. The molecule has 0 bridgehead atoms. The predicted molar refractivity (Wildman–Crippen MR) is 81.0 cm³/mol. The first-order chi connectivity index (χ1) is 9.51. The molecule has 2 rings (SSSR count). The molecule has 1 aromatic rings. The Bertz CT molecular complexity index is 475. The summed E-state index contributed by atoms with van der Waals surface area (Å²) in [6.45, 7) is 4.12. The zero-order valence-electron chi connectivity index (χ0n) is 11.8. The van der Waals surface area contributed by atoms with Gasteiger partial charge in [0, 0.05) is 24.6 Å². The molecule has 2 atom stereocenters. The number of hydrogen-bond donors (Lipinski definition) is 4. The van der Waals surface area contributed by atoms with Gasteiger partial charge < -0.3 is 21.5 Å². The number of aliphatic hydroxyl groups is 1. The zero-order chi connectivity index (χ0) is 14.7. The van der Waals surface area contributed by atoms with Gasteiger partial charge in [0.25, 0.3) is 5.91 Å². The standard InChI is InChI=1S/C13H22N4O2S/c1-7(2)15-13-17-11(14)10(20-13)12(19)16-9-5-3-4-8(9)6-18/h7-9,18H,3-6,14H2,1-2H3,(H,15,17)(H,16,19). The van der Waals surface area contributed by atoms with Crippen molar-refractivity contribution in [2.24, 2.45) is 5.92 Å². The van der Waals surface area contributed by atoms with Crippen LogP contribution in [0.2, 0.25) is 0 Å². The lowest BCUT2D eigenvalue weighted by Crippen LogP contribution is -2.38. The second-order valence-electron chi connectivity index (χ2n) is 5.49. The number of aliphatic hydroxyl groups excluding tert-OH is 1. The number of nitrogens with two attached hydrogens (primary N) is 1. The van der Waals surface area contributed by atoms with Crippen LogP contribution in [0.1, 0.15) is 42.8 Å². The van der Waals surface area contributed by atoms with E-state index in [2.05, 4.69) is 15.6 Å². The minimum Gasteiger partial charge on any atom is -0.396 e. The van der Waals surface area contributed by atoms with Gasteiger partial charge in [-0.2, -0.15) is 0 Å². The number of carbonyl (C=O) groups excluding carboxylic acids is 1. The van der Waals surface area contributed by atoms with Crippen molar-refractivity contribution >= 4 is 28.2 Å². The van der Waals surface area contributed by atoms with E-state index in [4.69, 9.17) is 5.73 Å². The number of aromatic nitrogens is 1. The highest BCUT2D eigenvalue weighted by Crippen LogP contribution is 2.28. The number of anilines is 2. The largest absolute Gasteiger partial charge is 0.396 e. The highest BCUT2D eigenvalue weighted by atomic mass is 32.1. The summed E-state index contributed by atoms with van der Waals surface area (Å²) in [4.78, 5) is 16.9. The van der Waals surface area contributed by atoms with E-state index in [9.17, 15) is 9.90 Å². The number of nitrogens with one attached hydrogen (secondary N) is 2. The number of amides is 1. The van der Waals surface area contributed by atoms with Gasteiger partial charge >= 0.3 is 0 Å². The first kappa shape index (κ1) is 15.1. The molecule has 5 N–H and O–H groups in total. The lowest BCUT2D eigenvalue weighted by molar-refractivity contribution is 0.0921. The average Bonchev–Trinajstić information content (AvgIpc) is 2.95. The number of carbonyl (C=O) groups is 1. The third-order valence-electron chi connectivity index (χ3n) is 3.48. The average molecular weight is 298 g/mol. The molecule has 1 fully saturated rings. The van der Waals surface area contributed by atoms with Crippen LogP contribution < -0.4 is 16.4 Å². The van der Waals surface area contributed by atoms with Gasteiger partial charge in [-0.25, -0.2) is 4.98 Å². The number of rotatable bonds is 5. The number of thiazole rings is 1. The molecule has 2 unspecified atom stereocenters. The topological polar surface area (TPSA) is 100 Å². The summed E-state index contributed by atoms with van der Waals surface area (Å²) in [6.07, 6.45) is 2.90. The van der Waals surface area contributed by atoms with Crippen LogP contribution in [0.15, 0.2) is 0 Å². The fourth-order valence-corrected chi connectivity index (χ4v) is 3.42. The van der Waals surface area contributed by atoms with Gasteiger partial charge in [0.2, 0.25) is 0 Å². The van der Waals surface area contributed by atoms with Crippen molar-refractivity contribution in [2.45, 2.75) is 45.2 Å². The maximum Gasteiger partial charge on any atom is 0.265 e. The van der Waals surface area contributed by atoms with Crippen LogP contribution >= 0.6 is 11.3 Å². The summed E-state index contributed by atoms with van der Waals surface area (Å²) in [6, 6.07) is 0.278. The van der Waals surface area contributed by atoms with E-state index in [1.54, 1.807) is 0 Å². The summed E-state index contributed by atoms with van der Waals surface area (Å²) < 4.78 is 0.